The number of thiazole rings is 1. The van der Waals surface area contributed by atoms with Gasteiger partial charge in [-0.05, 0) is 29.6 Å². The van der Waals surface area contributed by atoms with E-state index in [2.05, 4.69) is 10.3 Å². The average molecular weight is 364 g/mol. The number of nitrogens with one attached hydrogen (secondary N) is 1. The molecule has 0 bridgehead atoms. The minimum Gasteiger partial charge on any atom is -0.321 e. The van der Waals surface area contributed by atoms with E-state index in [0.29, 0.717) is 11.4 Å². The van der Waals surface area contributed by atoms with Gasteiger partial charge >= 0.3 is 0 Å². The van der Waals surface area contributed by atoms with E-state index in [1.165, 1.54) is 23.5 Å². The van der Waals surface area contributed by atoms with Gasteiger partial charge in [-0.1, -0.05) is 12.1 Å². The Kier molecular flexibility index (Phi) is 4.29. The van der Waals surface area contributed by atoms with E-state index in [9.17, 15) is 13.2 Å². The molecule has 0 aliphatic carbocycles. The Labute approximate surface area is 141 Å². The van der Waals surface area contributed by atoms with Gasteiger partial charge in [0.15, 0.2) is 9.84 Å². The highest BCUT2D eigenvalue weighted by atomic mass is 32.2. The molecule has 2 heterocycles. The summed E-state index contributed by atoms with van der Waals surface area (Å²) in [7, 11) is -3.31. The molecule has 1 aromatic carbocycles. The van der Waals surface area contributed by atoms with Gasteiger partial charge in [0.05, 0.1) is 9.77 Å². The van der Waals surface area contributed by atoms with Crippen LogP contribution in [0.2, 0.25) is 0 Å². The first-order valence-corrected chi connectivity index (χ1v) is 10.2. The summed E-state index contributed by atoms with van der Waals surface area (Å²) in [5.74, 6) is -0.366. The maximum Gasteiger partial charge on any atom is 0.275 e. The Balaban J connectivity index is 1.80. The highest BCUT2D eigenvalue weighted by Gasteiger charge is 2.14. The van der Waals surface area contributed by atoms with Crippen LogP contribution < -0.4 is 5.32 Å². The molecule has 0 unspecified atom stereocenters. The first-order chi connectivity index (χ1) is 10.9. The first kappa shape index (κ1) is 15.9. The molecule has 5 nitrogen and oxygen atoms in total. The number of sulfone groups is 1. The summed E-state index contributed by atoms with van der Waals surface area (Å²) in [5, 5.41) is 7.10. The fourth-order valence-electron chi connectivity index (χ4n) is 1.89. The summed E-state index contributed by atoms with van der Waals surface area (Å²) in [6, 6.07) is 10.0. The molecular formula is C15H12N2O3S3. The smallest absolute Gasteiger partial charge is 0.275 e. The first-order valence-electron chi connectivity index (χ1n) is 6.54. The zero-order chi connectivity index (χ0) is 16.4. The quantitative estimate of drug-likeness (QED) is 0.768. The minimum atomic E-state index is -3.31. The average Bonchev–Trinajstić information content (AvgIpc) is 3.18. The maximum atomic E-state index is 12.2. The second-order valence-corrected chi connectivity index (χ2v) is 8.59. The number of thiophene rings is 1. The normalized spacial score (nSPS) is 11.3. The summed E-state index contributed by atoms with van der Waals surface area (Å²) in [5.41, 5.74) is 0.728. The van der Waals surface area contributed by atoms with Crippen LogP contribution in [0.25, 0.3) is 9.88 Å². The fraction of sp³-hybridized carbons (Fsp3) is 0.0667. The third kappa shape index (κ3) is 3.66. The zero-order valence-electron chi connectivity index (χ0n) is 12.0. The number of carbonyl (C=O) groups is 1. The molecule has 118 valence electrons. The van der Waals surface area contributed by atoms with Crippen molar-refractivity contribution in [1.29, 1.82) is 0 Å². The molecule has 0 aliphatic rings. The van der Waals surface area contributed by atoms with Crippen LogP contribution in [0.1, 0.15) is 10.5 Å². The van der Waals surface area contributed by atoms with E-state index >= 15 is 0 Å². The Morgan fingerprint density at radius 1 is 1.17 bits per heavy atom. The molecule has 0 fully saturated rings. The van der Waals surface area contributed by atoms with Gasteiger partial charge in [-0.15, -0.1) is 22.7 Å². The van der Waals surface area contributed by atoms with Gasteiger partial charge in [-0.3, -0.25) is 4.79 Å². The summed E-state index contributed by atoms with van der Waals surface area (Å²) in [4.78, 5) is 17.7. The number of anilines is 1. The predicted octanol–water partition coefficient (Wildman–Crippen LogP) is 3.53. The van der Waals surface area contributed by atoms with Crippen molar-refractivity contribution in [1.82, 2.24) is 4.98 Å². The van der Waals surface area contributed by atoms with Crippen LogP contribution >= 0.6 is 22.7 Å². The lowest BCUT2D eigenvalue weighted by molar-refractivity contribution is 0.102. The van der Waals surface area contributed by atoms with E-state index in [-0.39, 0.29) is 10.8 Å². The van der Waals surface area contributed by atoms with Gasteiger partial charge in [0.25, 0.3) is 5.91 Å². The van der Waals surface area contributed by atoms with Crippen molar-refractivity contribution in [2.45, 2.75) is 4.90 Å². The van der Waals surface area contributed by atoms with Gasteiger partial charge in [-0.25, -0.2) is 13.4 Å². The van der Waals surface area contributed by atoms with Crippen molar-refractivity contribution in [2.75, 3.05) is 11.6 Å². The fourth-order valence-corrected chi connectivity index (χ4v) is 4.17. The molecule has 0 saturated carbocycles. The number of hydrogen-bond donors (Lipinski definition) is 1. The lowest BCUT2D eigenvalue weighted by Crippen LogP contribution is -2.12. The number of nitrogens with zero attached hydrogens (tertiary/aromatic N) is 1. The van der Waals surface area contributed by atoms with Gasteiger partial charge in [0.1, 0.15) is 10.7 Å². The van der Waals surface area contributed by atoms with E-state index in [4.69, 9.17) is 0 Å². The number of amides is 1. The van der Waals surface area contributed by atoms with Crippen LogP contribution in [0.15, 0.2) is 52.1 Å². The summed E-state index contributed by atoms with van der Waals surface area (Å²) >= 11 is 2.96. The molecular weight excluding hydrogens is 352 g/mol. The van der Waals surface area contributed by atoms with E-state index in [1.54, 1.807) is 28.8 Å². The predicted molar refractivity (Wildman–Crippen MR) is 92.9 cm³/mol. The Morgan fingerprint density at radius 3 is 2.70 bits per heavy atom. The molecule has 1 amide bonds. The van der Waals surface area contributed by atoms with Gasteiger partial charge in [-0.2, -0.15) is 0 Å². The van der Waals surface area contributed by atoms with Crippen LogP contribution in [0.3, 0.4) is 0 Å². The monoisotopic (exact) mass is 364 g/mol. The second-order valence-electron chi connectivity index (χ2n) is 4.77. The molecule has 1 N–H and O–H groups in total. The number of rotatable bonds is 4. The van der Waals surface area contributed by atoms with Crippen molar-refractivity contribution >= 4 is 44.1 Å². The summed E-state index contributed by atoms with van der Waals surface area (Å²) in [6.45, 7) is 0. The Morgan fingerprint density at radius 2 is 2.00 bits per heavy atom. The molecule has 0 radical (unpaired) electrons. The van der Waals surface area contributed by atoms with E-state index in [0.717, 1.165) is 16.1 Å². The van der Waals surface area contributed by atoms with Gasteiger partial charge in [0, 0.05) is 17.3 Å². The van der Waals surface area contributed by atoms with Crippen LogP contribution in [0.5, 0.6) is 0 Å². The van der Waals surface area contributed by atoms with Gasteiger partial charge in [0.2, 0.25) is 0 Å². The number of aromatic nitrogens is 1. The highest BCUT2D eigenvalue weighted by Crippen LogP contribution is 2.28. The number of hydrogen-bond acceptors (Lipinski definition) is 6. The van der Waals surface area contributed by atoms with Crippen molar-refractivity contribution in [3.63, 3.8) is 0 Å². The van der Waals surface area contributed by atoms with Gasteiger partial charge < -0.3 is 5.32 Å². The summed E-state index contributed by atoms with van der Waals surface area (Å²) in [6.07, 6.45) is 1.13. The van der Waals surface area contributed by atoms with Crippen molar-refractivity contribution in [3.05, 3.63) is 52.9 Å². The lowest BCUT2D eigenvalue weighted by atomic mass is 10.3. The molecule has 3 rings (SSSR count). The molecule has 3 aromatic rings. The Hall–Kier alpha value is -2.03. The highest BCUT2D eigenvalue weighted by molar-refractivity contribution is 7.90. The third-order valence-corrected chi connectivity index (χ3v) is 5.98. The number of benzene rings is 1. The van der Waals surface area contributed by atoms with E-state index in [1.807, 2.05) is 17.5 Å². The van der Waals surface area contributed by atoms with Crippen LogP contribution in [0.4, 0.5) is 5.69 Å². The van der Waals surface area contributed by atoms with E-state index < -0.39 is 9.84 Å². The molecule has 8 heteroatoms. The SMILES string of the molecule is CS(=O)(=O)c1cccc(NC(=O)c2csc(-c3cccs3)n2)c1. The lowest BCUT2D eigenvalue weighted by Gasteiger charge is -2.05. The number of carbonyl (C=O) groups excluding carboxylic acids is 1. The molecule has 0 spiro atoms. The second kappa shape index (κ2) is 6.23. The Bertz CT molecular complexity index is 944. The third-order valence-electron chi connectivity index (χ3n) is 2.99. The standard InChI is InChI=1S/C15H12N2O3S3/c1-23(19,20)11-5-2-4-10(8-11)16-14(18)12-9-22-15(17-12)13-6-3-7-21-13/h2-9H,1H3,(H,16,18). The minimum absolute atomic E-state index is 0.160. The topological polar surface area (TPSA) is 76.1 Å². The molecule has 0 saturated heterocycles. The maximum absolute atomic E-state index is 12.2. The van der Waals surface area contributed by atoms with Crippen molar-refractivity contribution in [2.24, 2.45) is 0 Å². The van der Waals surface area contributed by atoms with Crippen LogP contribution in [0, 0.1) is 0 Å². The van der Waals surface area contributed by atoms with Crippen LogP contribution in [-0.4, -0.2) is 25.6 Å². The molecule has 23 heavy (non-hydrogen) atoms. The summed E-state index contributed by atoms with van der Waals surface area (Å²) < 4.78 is 23.1. The molecule has 2 aromatic heterocycles. The molecule has 0 aliphatic heterocycles. The molecule has 0 atom stereocenters. The van der Waals surface area contributed by atoms with Crippen LogP contribution in [-0.2, 0) is 9.84 Å². The van der Waals surface area contributed by atoms with Crippen molar-refractivity contribution < 1.29 is 13.2 Å². The zero-order valence-corrected chi connectivity index (χ0v) is 14.5. The largest absolute Gasteiger partial charge is 0.321 e. The van der Waals surface area contributed by atoms with Crippen molar-refractivity contribution in [3.8, 4) is 9.88 Å².